The number of hydrogen-bond acceptors (Lipinski definition) is 2. The molecule has 2 amide bonds. The normalized spacial score (nSPS) is 10.8. The number of rotatable bonds is 8. The molecule has 0 aromatic heterocycles. The molecule has 3 aromatic rings. The summed E-state index contributed by atoms with van der Waals surface area (Å²) in [7, 11) is 0. The number of benzene rings is 3. The maximum Gasteiger partial charge on any atom is 0.228 e. The van der Waals surface area contributed by atoms with Crippen LogP contribution in [0.4, 0.5) is 15.8 Å². The van der Waals surface area contributed by atoms with Gasteiger partial charge in [-0.15, -0.1) is 0 Å². The number of aryl methyl sites for hydroxylation is 1. The van der Waals surface area contributed by atoms with Gasteiger partial charge in [0, 0.05) is 17.8 Å². The molecule has 0 saturated carbocycles. The van der Waals surface area contributed by atoms with E-state index >= 15 is 0 Å². The van der Waals surface area contributed by atoms with Gasteiger partial charge in [-0.3, -0.25) is 9.59 Å². The van der Waals surface area contributed by atoms with E-state index in [1.54, 1.807) is 0 Å². The summed E-state index contributed by atoms with van der Waals surface area (Å²) >= 11 is 0. The molecule has 4 nitrogen and oxygen atoms in total. The maximum atomic E-state index is 13.0. The summed E-state index contributed by atoms with van der Waals surface area (Å²) in [6, 6.07) is 21.2. The maximum absolute atomic E-state index is 13.0. The Balaban J connectivity index is 1.73. The third-order valence-electron chi connectivity index (χ3n) is 5.21. The second-order valence-electron chi connectivity index (χ2n) is 8.40. The first-order valence-corrected chi connectivity index (χ1v) is 10.8. The standard InChI is InChI=1S/C27H29FN2O2/c1-19(2)16-27(32)30(18-22-7-5-4-6-20(22)3)25-14-8-21(9-15-25)17-26(31)29-24-12-10-23(28)11-13-24/h4-15,19H,16-18H2,1-3H3,(H,29,31). The van der Waals surface area contributed by atoms with Gasteiger partial charge < -0.3 is 10.2 Å². The first-order chi connectivity index (χ1) is 15.3. The van der Waals surface area contributed by atoms with E-state index in [0.717, 1.165) is 22.4 Å². The minimum Gasteiger partial charge on any atom is -0.326 e. The molecule has 0 aliphatic rings. The van der Waals surface area contributed by atoms with E-state index in [9.17, 15) is 14.0 Å². The topological polar surface area (TPSA) is 49.4 Å². The summed E-state index contributed by atoms with van der Waals surface area (Å²) < 4.78 is 13.0. The van der Waals surface area contributed by atoms with Crippen LogP contribution in [-0.2, 0) is 22.6 Å². The molecule has 1 N–H and O–H groups in total. The third-order valence-corrected chi connectivity index (χ3v) is 5.21. The van der Waals surface area contributed by atoms with Crippen molar-refractivity contribution in [2.75, 3.05) is 10.2 Å². The quantitative estimate of drug-likeness (QED) is 0.482. The molecule has 0 saturated heterocycles. The lowest BCUT2D eigenvalue weighted by Gasteiger charge is -2.25. The summed E-state index contributed by atoms with van der Waals surface area (Å²) in [6.45, 7) is 6.62. The summed E-state index contributed by atoms with van der Waals surface area (Å²) in [5.74, 6) is -0.195. The van der Waals surface area contributed by atoms with Crippen LogP contribution in [0.25, 0.3) is 0 Å². The molecule has 0 aliphatic carbocycles. The van der Waals surface area contributed by atoms with Gasteiger partial charge in [-0.25, -0.2) is 4.39 Å². The summed E-state index contributed by atoms with van der Waals surface area (Å²) in [5.41, 5.74) is 4.44. The van der Waals surface area contributed by atoms with Gasteiger partial charge >= 0.3 is 0 Å². The van der Waals surface area contributed by atoms with Crippen LogP contribution in [0.1, 0.15) is 37.0 Å². The van der Waals surface area contributed by atoms with Crippen LogP contribution in [-0.4, -0.2) is 11.8 Å². The molecule has 0 atom stereocenters. The van der Waals surface area contributed by atoms with E-state index in [2.05, 4.69) is 5.32 Å². The third kappa shape index (κ3) is 6.51. The van der Waals surface area contributed by atoms with Gasteiger partial charge in [0.05, 0.1) is 13.0 Å². The van der Waals surface area contributed by atoms with Crippen LogP contribution < -0.4 is 10.2 Å². The average Bonchev–Trinajstić information content (AvgIpc) is 2.75. The Labute approximate surface area is 189 Å². The van der Waals surface area contributed by atoms with E-state index in [1.165, 1.54) is 24.3 Å². The van der Waals surface area contributed by atoms with Crippen LogP contribution in [0.5, 0.6) is 0 Å². The largest absolute Gasteiger partial charge is 0.326 e. The number of hydrogen-bond donors (Lipinski definition) is 1. The van der Waals surface area contributed by atoms with Crippen LogP contribution in [0.2, 0.25) is 0 Å². The fraction of sp³-hybridized carbons (Fsp3) is 0.259. The zero-order chi connectivity index (χ0) is 23.1. The minimum absolute atomic E-state index is 0.0741. The lowest BCUT2D eigenvalue weighted by molar-refractivity contribution is -0.119. The predicted molar refractivity (Wildman–Crippen MR) is 127 cm³/mol. The molecule has 0 aliphatic heterocycles. The number of nitrogens with one attached hydrogen (secondary N) is 1. The van der Waals surface area contributed by atoms with Crippen molar-refractivity contribution in [1.82, 2.24) is 0 Å². The highest BCUT2D eigenvalue weighted by atomic mass is 19.1. The van der Waals surface area contributed by atoms with E-state index in [-0.39, 0.29) is 30.0 Å². The van der Waals surface area contributed by atoms with E-state index in [0.29, 0.717) is 18.7 Å². The van der Waals surface area contributed by atoms with Crippen molar-refractivity contribution in [3.05, 3.63) is 95.3 Å². The SMILES string of the molecule is Cc1ccccc1CN(C(=O)CC(C)C)c1ccc(CC(=O)Nc2ccc(F)cc2)cc1. The van der Waals surface area contributed by atoms with Crippen molar-refractivity contribution in [2.45, 2.75) is 40.2 Å². The van der Waals surface area contributed by atoms with Crippen LogP contribution in [0.15, 0.2) is 72.8 Å². The first kappa shape index (κ1) is 23.2. The van der Waals surface area contributed by atoms with Crippen LogP contribution in [0.3, 0.4) is 0 Å². The Kier molecular flexibility index (Phi) is 7.77. The molecule has 32 heavy (non-hydrogen) atoms. The number of carbonyl (C=O) groups is 2. The van der Waals surface area contributed by atoms with Crippen molar-refractivity contribution in [2.24, 2.45) is 5.92 Å². The molecular formula is C27H29FN2O2. The van der Waals surface area contributed by atoms with Crippen molar-refractivity contribution >= 4 is 23.2 Å². The number of nitrogens with zero attached hydrogens (tertiary/aromatic N) is 1. The van der Waals surface area contributed by atoms with Crippen molar-refractivity contribution in [3.63, 3.8) is 0 Å². The second kappa shape index (κ2) is 10.7. The monoisotopic (exact) mass is 432 g/mol. The summed E-state index contributed by atoms with van der Waals surface area (Å²) in [4.78, 5) is 27.1. The molecule has 0 bridgehead atoms. The molecular weight excluding hydrogens is 403 g/mol. The van der Waals surface area contributed by atoms with Gasteiger partial charge in [-0.05, 0) is 65.9 Å². The van der Waals surface area contributed by atoms with Crippen molar-refractivity contribution < 1.29 is 14.0 Å². The highest BCUT2D eigenvalue weighted by molar-refractivity contribution is 5.94. The van der Waals surface area contributed by atoms with Crippen molar-refractivity contribution in [3.8, 4) is 0 Å². The molecule has 0 spiro atoms. The van der Waals surface area contributed by atoms with Crippen molar-refractivity contribution in [1.29, 1.82) is 0 Å². The molecule has 0 heterocycles. The van der Waals surface area contributed by atoms with Gasteiger partial charge in [0.2, 0.25) is 11.8 Å². The Morgan fingerprint density at radius 3 is 2.22 bits per heavy atom. The number of amides is 2. The van der Waals surface area contributed by atoms with Crippen LogP contribution in [0, 0.1) is 18.7 Å². The van der Waals surface area contributed by atoms with Gasteiger partial charge in [-0.2, -0.15) is 0 Å². The molecule has 3 aromatic carbocycles. The Hall–Kier alpha value is -3.47. The van der Waals surface area contributed by atoms with Gasteiger partial charge in [0.25, 0.3) is 0 Å². The van der Waals surface area contributed by atoms with E-state index in [1.807, 2.05) is 74.2 Å². The summed E-state index contributed by atoms with van der Waals surface area (Å²) in [5, 5.41) is 2.76. The molecule has 0 unspecified atom stereocenters. The Morgan fingerprint density at radius 1 is 0.938 bits per heavy atom. The van der Waals surface area contributed by atoms with Crippen LogP contribution >= 0.6 is 0 Å². The minimum atomic E-state index is -0.346. The lowest BCUT2D eigenvalue weighted by Crippen LogP contribution is -2.31. The van der Waals surface area contributed by atoms with Gasteiger partial charge in [0.15, 0.2) is 0 Å². The highest BCUT2D eigenvalue weighted by Crippen LogP contribution is 2.22. The lowest BCUT2D eigenvalue weighted by atomic mass is 10.1. The number of anilines is 2. The predicted octanol–water partition coefficient (Wildman–Crippen LogP) is 5.89. The van der Waals surface area contributed by atoms with E-state index in [4.69, 9.17) is 0 Å². The molecule has 5 heteroatoms. The summed E-state index contributed by atoms with van der Waals surface area (Å²) in [6.07, 6.45) is 0.656. The molecule has 0 fully saturated rings. The zero-order valence-electron chi connectivity index (χ0n) is 18.8. The zero-order valence-corrected chi connectivity index (χ0v) is 18.8. The smallest absolute Gasteiger partial charge is 0.228 e. The van der Waals surface area contributed by atoms with E-state index < -0.39 is 0 Å². The average molecular weight is 433 g/mol. The molecule has 166 valence electrons. The first-order valence-electron chi connectivity index (χ1n) is 10.8. The second-order valence-corrected chi connectivity index (χ2v) is 8.40. The highest BCUT2D eigenvalue weighted by Gasteiger charge is 2.18. The Bertz CT molecular complexity index is 1060. The number of carbonyl (C=O) groups excluding carboxylic acids is 2. The fourth-order valence-electron chi connectivity index (χ4n) is 3.46. The Morgan fingerprint density at radius 2 is 1.59 bits per heavy atom. The molecule has 3 rings (SSSR count). The number of halogens is 1. The van der Waals surface area contributed by atoms with Gasteiger partial charge in [-0.1, -0.05) is 50.2 Å². The molecule has 0 radical (unpaired) electrons. The fourth-order valence-corrected chi connectivity index (χ4v) is 3.46. The van der Waals surface area contributed by atoms with Gasteiger partial charge in [0.1, 0.15) is 5.82 Å².